The molecule has 23 heavy (non-hydrogen) atoms. The lowest BCUT2D eigenvalue weighted by Gasteiger charge is -2.21. The molecule has 1 aromatic heterocycles. The number of aromatic nitrogens is 1. The van der Waals surface area contributed by atoms with Gasteiger partial charge in [0.15, 0.2) is 11.5 Å². The van der Waals surface area contributed by atoms with E-state index in [9.17, 15) is 4.79 Å². The van der Waals surface area contributed by atoms with Gasteiger partial charge in [0.1, 0.15) is 13.2 Å². The third-order valence-electron chi connectivity index (χ3n) is 3.63. The molecule has 1 aliphatic rings. The number of thiazole rings is 1. The average molecular weight is 332 g/mol. The van der Waals surface area contributed by atoms with Gasteiger partial charge in [0.2, 0.25) is 5.91 Å². The highest BCUT2D eigenvalue weighted by molar-refractivity contribution is 7.09. The molecule has 2 aromatic rings. The fourth-order valence-electron chi connectivity index (χ4n) is 2.51. The minimum atomic E-state index is 0.0475. The first-order valence-electron chi connectivity index (χ1n) is 7.77. The molecule has 0 atom stereocenters. The van der Waals surface area contributed by atoms with E-state index < -0.39 is 0 Å². The third kappa shape index (κ3) is 4.22. The Balaban J connectivity index is 1.46. The normalized spacial score (nSPS) is 12.9. The summed E-state index contributed by atoms with van der Waals surface area (Å²) in [6.07, 6.45) is 2.15. The standard InChI is InChI=1S/C17H20N2O3S/c1-12-19-14(11-23-12)5-3-7-16(20)18-10-13-4-2-6-15-17(13)22-9-8-21-15/h2,4,6,11H,3,5,7-10H2,1H3,(H,18,20). The Morgan fingerprint density at radius 3 is 3.04 bits per heavy atom. The van der Waals surface area contributed by atoms with Gasteiger partial charge in [0.25, 0.3) is 0 Å². The molecule has 6 heteroatoms. The molecular formula is C17H20N2O3S. The first-order valence-corrected chi connectivity index (χ1v) is 8.65. The molecule has 0 bridgehead atoms. The highest BCUT2D eigenvalue weighted by atomic mass is 32.1. The van der Waals surface area contributed by atoms with Crippen LogP contribution in [0.5, 0.6) is 11.5 Å². The number of benzene rings is 1. The summed E-state index contributed by atoms with van der Waals surface area (Å²) in [5, 5.41) is 6.07. The molecule has 1 aliphatic heterocycles. The topological polar surface area (TPSA) is 60.5 Å². The fraction of sp³-hybridized carbons (Fsp3) is 0.412. The number of hydrogen-bond donors (Lipinski definition) is 1. The van der Waals surface area contributed by atoms with Crippen molar-refractivity contribution in [2.45, 2.75) is 32.7 Å². The van der Waals surface area contributed by atoms with Gasteiger partial charge in [-0.1, -0.05) is 12.1 Å². The molecule has 0 unspecified atom stereocenters. The van der Waals surface area contributed by atoms with E-state index in [1.54, 1.807) is 11.3 Å². The number of rotatable bonds is 6. The molecular weight excluding hydrogens is 312 g/mol. The quantitative estimate of drug-likeness (QED) is 0.884. The lowest BCUT2D eigenvalue weighted by atomic mass is 10.1. The van der Waals surface area contributed by atoms with E-state index in [1.165, 1.54) is 0 Å². The predicted molar refractivity (Wildman–Crippen MR) is 89.1 cm³/mol. The lowest BCUT2D eigenvalue weighted by Crippen LogP contribution is -2.24. The molecule has 1 amide bonds. The average Bonchev–Trinajstić information content (AvgIpc) is 2.98. The van der Waals surface area contributed by atoms with Crippen molar-refractivity contribution in [2.75, 3.05) is 13.2 Å². The largest absolute Gasteiger partial charge is 0.486 e. The number of carbonyl (C=O) groups is 1. The van der Waals surface area contributed by atoms with Crippen LogP contribution in [0.1, 0.15) is 29.1 Å². The Hall–Kier alpha value is -2.08. The van der Waals surface area contributed by atoms with Crippen molar-refractivity contribution in [1.29, 1.82) is 0 Å². The van der Waals surface area contributed by atoms with Crippen LogP contribution in [0.2, 0.25) is 0 Å². The number of carbonyl (C=O) groups excluding carboxylic acids is 1. The van der Waals surface area contributed by atoms with E-state index in [-0.39, 0.29) is 5.91 Å². The molecule has 0 spiro atoms. The minimum Gasteiger partial charge on any atom is -0.486 e. The first kappa shape index (κ1) is 15.8. The Labute approximate surface area is 139 Å². The second-order valence-electron chi connectivity index (χ2n) is 5.43. The number of nitrogens with one attached hydrogen (secondary N) is 1. The van der Waals surface area contributed by atoms with Gasteiger partial charge in [-0.3, -0.25) is 4.79 Å². The van der Waals surface area contributed by atoms with Crippen LogP contribution in [-0.4, -0.2) is 24.1 Å². The molecule has 0 fully saturated rings. The summed E-state index contributed by atoms with van der Waals surface area (Å²) in [6, 6.07) is 5.75. The van der Waals surface area contributed by atoms with E-state index in [0.717, 1.165) is 40.6 Å². The van der Waals surface area contributed by atoms with Crippen molar-refractivity contribution < 1.29 is 14.3 Å². The van der Waals surface area contributed by atoms with Crippen molar-refractivity contribution >= 4 is 17.2 Å². The number of nitrogens with zero attached hydrogens (tertiary/aromatic N) is 1. The summed E-state index contributed by atoms with van der Waals surface area (Å²) in [5.74, 6) is 1.55. The van der Waals surface area contributed by atoms with Crippen LogP contribution >= 0.6 is 11.3 Å². The number of hydrogen-bond acceptors (Lipinski definition) is 5. The van der Waals surface area contributed by atoms with Crippen molar-refractivity contribution in [2.24, 2.45) is 0 Å². The molecule has 3 rings (SSSR count). The van der Waals surface area contributed by atoms with E-state index in [2.05, 4.69) is 15.7 Å². The van der Waals surface area contributed by atoms with Crippen molar-refractivity contribution in [3.8, 4) is 11.5 Å². The highest BCUT2D eigenvalue weighted by Crippen LogP contribution is 2.33. The second-order valence-corrected chi connectivity index (χ2v) is 6.49. The van der Waals surface area contributed by atoms with E-state index in [0.29, 0.717) is 26.2 Å². The van der Waals surface area contributed by atoms with Crippen LogP contribution < -0.4 is 14.8 Å². The Kier molecular flexibility index (Phi) is 5.12. The van der Waals surface area contributed by atoms with Gasteiger partial charge in [0, 0.05) is 23.9 Å². The number of aryl methyl sites for hydroxylation is 2. The van der Waals surface area contributed by atoms with E-state index >= 15 is 0 Å². The molecule has 5 nitrogen and oxygen atoms in total. The maximum absolute atomic E-state index is 12.0. The van der Waals surface area contributed by atoms with E-state index in [1.807, 2.05) is 25.1 Å². The Morgan fingerprint density at radius 1 is 1.35 bits per heavy atom. The van der Waals surface area contributed by atoms with Crippen molar-refractivity contribution in [3.63, 3.8) is 0 Å². The maximum Gasteiger partial charge on any atom is 0.220 e. The Bertz CT molecular complexity index is 684. The van der Waals surface area contributed by atoms with Gasteiger partial charge in [-0.15, -0.1) is 11.3 Å². The van der Waals surface area contributed by atoms with Gasteiger partial charge >= 0.3 is 0 Å². The predicted octanol–water partition coefficient (Wildman–Crippen LogP) is 2.86. The SMILES string of the molecule is Cc1nc(CCCC(=O)NCc2cccc3c2OCCO3)cs1. The summed E-state index contributed by atoms with van der Waals surface area (Å²) in [6.45, 7) is 3.57. The van der Waals surface area contributed by atoms with Gasteiger partial charge < -0.3 is 14.8 Å². The third-order valence-corrected chi connectivity index (χ3v) is 4.45. The fourth-order valence-corrected chi connectivity index (χ4v) is 3.16. The Morgan fingerprint density at radius 2 is 2.22 bits per heavy atom. The molecule has 0 saturated carbocycles. The number of para-hydroxylation sites is 1. The molecule has 0 aliphatic carbocycles. The van der Waals surface area contributed by atoms with Crippen molar-refractivity contribution in [1.82, 2.24) is 10.3 Å². The zero-order chi connectivity index (χ0) is 16.1. The van der Waals surface area contributed by atoms with Crippen LogP contribution in [0.3, 0.4) is 0 Å². The van der Waals surface area contributed by atoms with Crippen molar-refractivity contribution in [3.05, 3.63) is 39.8 Å². The van der Waals surface area contributed by atoms with Crippen LogP contribution in [0.15, 0.2) is 23.6 Å². The monoisotopic (exact) mass is 332 g/mol. The molecule has 2 heterocycles. The van der Waals surface area contributed by atoms with Crippen LogP contribution in [0, 0.1) is 6.92 Å². The molecule has 0 radical (unpaired) electrons. The molecule has 1 aromatic carbocycles. The molecule has 1 N–H and O–H groups in total. The molecule has 122 valence electrons. The van der Waals surface area contributed by atoms with Gasteiger partial charge in [-0.2, -0.15) is 0 Å². The number of ether oxygens (including phenoxy) is 2. The van der Waals surface area contributed by atoms with Crippen LogP contribution in [0.4, 0.5) is 0 Å². The van der Waals surface area contributed by atoms with Gasteiger partial charge in [0.05, 0.1) is 10.7 Å². The lowest BCUT2D eigenvalue weighted by molar-refractivity contribution is -0.121. The summed E-state index contributed by atoms with van der Waals surface area (Å²) in [7, 11) is 0. The summed E-state index contributed by atoms with van der Waals surface area (Å²) in [4.78, 5) is 16.4. The minimum absolute atomic E-state index is 0.0475. The van der Waals surface area contributed by atoms with Crippen LogP contribution in [0.25, 0.3) is 0 Å². The summed E-state index contributed by atoms with van der Waals surface area (Å²) < 4.78 is 11.2. The van der Waals surface area contributed by atoms with E-state index in [4.69, 9.17) is 9.47 Å². The number of fused-ring (bicyclic) bond motifs is 1. The smallest absolute Gasteiger partial charge is 0.220 e. The molecule has 0 saturated heterocycles. The number of amides is 1. The highest BCUT2D eigenvalue weighted by Gasteiger charge is 2.15. The second kappa shape index (κ2) is 7.46. The first-order chi connectivity index (χ1) is 11.2. The summed E-state index contributed by atoms with van der Waals surface area (Å²) >= 11 is 1.65. The van der Waals surface area contributed by atoms with Crippen LogP contribution in [-0.2, 0) is 17.8 Å². The van der Waals surface area contributed by atoms with Gasteiger partial charge in [-0.05, 0) is 25.8 Å². The summed E-state index contributed by atoms with van der Waals surface area (Å²) in [5.41, 5.74) is 2.02. The zero-order valence-corrected chi connectivity index (χ0v) is 13.9. The zero-order valence-electron chi connectivity index (χ0n) is 13.1. The maximum atomic E-state index is 12.0. The van der Waals surface area contributed by atoms with Gasteiger partial charge in [-0.25, -0.2) is 4.98 Å².